The van der Waals surface area contributed by atoms with Gasteiger partial charge in [-0.15, -0.1) is 6.42 Å². The zero-order valence-electron chi connectivity index (χ0n) is 13.7. The Bertz CT molecular complexity index is 317. The number of terminal acetylenes is 1. The topological polar surface area (TPSA) is 35.5 Å². The highest BCUT2D eigenvalue weighted by Crippen LogP contribution is 2.23. The molecule has 0 aromatic carbocycles. The van der Waals surface area contributed by atoms with E-state index < -0.39 is 11.8 Å². The van der Waals surface area contributed by atoms with Gasteiger partial charge in [0.05, 0.1) is 7.11 Å². The maximum atomic E-state index is 11.1. The number of carbonyl (C=O) groups excluding carboxylic acids is 1. The molecule has 2 unspecified atom stereocenters. The summed E-state index contributed by atoms with van der Waals surface area (Å²) in [6, 6.07) is 0. The van der Waals surface area contributed by atoms with Gasteiger partial charge in [-0.25, -0.2) is 4.79 Å². The molecule has 0 aliphatic carbocycles. The third-order valence-corrected chi connectivity index (χ3v) is 3.61. The van der Waals surface area contributed by atoms with Gasteiger partial charge in [-0.3, -0.25) is 0 Å². The molecule has 0 saturated heterocycles. The van der Waals surface area contributed by atoms with Crippen LogP contribution in [-0.2, 0) is 9.47 Å². The molecule has 116 valence electrons. The van der Waals surface area contributed by atoms with Crippen LogP contribution in [0.2, 0.25) is 0 Å². The molecule has 20 heavy (non-hydrogen) atoms. The number of hydrogen-bond donors (Lipinski definition) is 0. The zero-order chi connectivity index (χ0) is 15.6. The van der Waals surface area contributed by atoms with Crippen LogP contribution in [-0.4, -0.2) is 18.9 Å². The number of hydrogen-bond acceptors (Lipinski definition) is 3. The van der Waals surface area contributed by atoms with Crippen molar-refractivity contribution in [3.05, 3.63) is 0 Å². The first-order valence-corrected chi connectivity index (χ1v) is 7.57. The molecule has 0 aliphatic rings. The Hall–Kier alpha value is -1.17. The molecular weight excluding hydrogens is 252 g/mol. The molecule has 0 radical (unpaired) electrons. The van der Waals surface area contributed by atoms with Gasteiger partial charge in [0, 0.05) is 0 Å². The summed E-state index contributed by atoms with van der Waals surface area (Å²) in [4.78, 5) is 11.1. The molecule has 3 nitrogen and oxygen atoms in total. The lowest BCUT2D eigenvalue weighted by Crippen LogP contribution is -2.30. The van der Waals surface area contributed by atoms with E-state index in [1.54, 1.807) is 6.92 Å². The van der Waals surface area contributed by atoms with Crippen LogP contribution in [0.4, 0.5) is 4.79 Å². The quantitative estimate of drug-likeness (QED) is 0.450. The van der Waals surface area contributed by atoms with Crippen molar-refractivity contribution in [2.45, 2.75) is 71.8 Å². The first-order chi connectivity index (χ1) is 9.33. The molecule has 0 N–H and O–H groups in total. The molecule has 0 amide bonds. The van der Waals surface area contributed by atoms with Crippen molar-refractivity contribution in [1.82, 2.24) is 0 Å². The van der Waals surface area contributed by atoms with Gasteiger partial charge < -0.3 is 9.47 Å². The van der Waals surface area contributed by atoms with Gasteiger partial charge in [0.25, 0.3) is 0 Å². The molecule has 0 aliphatic heterocycles. The fourth-order valence-electron chi connectivity index (χ4n) is 2.19. The predicted octanol–water partition coefficient (Wildman–Crippen LogP) is 4.79. The van der Waals surface area contributed by atoms with E-state index in [-0.39, 0.29) is 0 Å². The van der Waals surface area contributed by atoms with Crippen molar-refractivity contribution >= 4 is 6.16 Å². The molecule has 0 aromatic heterocycles. The Morgan fingerprint density at radius 3 is 2.30 bits per heavy atom. The molecule has 0 bridgehead atoms. The van der Waals surface area contributed by atoms with Crippen LogP contribution >= 0.6 is 0 Å². The second kappa shape index (κ2) is 9.69. The van der Waals surface area contributed by atoms with E-state index in [1.165, 1.54) is 26.4 Å². The summed E-state index contributed by atoms with van der Waals surface area (Å²) in [5, 5.41) is 0. The van der Waals surface area contributed by atoms with Crippen molar-refractivity contribution in [2.24, 2.45) is 11.8 Å². The molecule has 3 heteroatoms. The summed E-state index contributed by atoms with van der Waals surface area (Å²) >= 11 is 0. The maximum absolute atomic E-state index is 11.1. The lowest BCUT2D eigenvalue weighted by Gasteiger charge is -2.23. The average Bonchev–Trinajstić information content (AvgIpc) is 2.38. The highest BCUT2D eigenvalue weighted by Gasteiger charge is 2.26. The fraction of sp³-hybridized carbons (Fsp3) is 0.824. The average molecular weight is 282 g/mol. The van der Waals surface area contributed by atoms with Gasteiger partial charge >= 0.3 is 6.16 Å². The zero-order valence-corrected chi connectivity index (χ0v) is 13.7. The van der Waals surface area contributed by atoms with Crippen LogP contribution in [0.1, 0.15) is 66.2 Å². The second-order valence-corrected chi connectivity index (χ2v) is 6.25. The van der Waals surface area contributed by atoms with Crippen LogP contribution in [0.3, 0.4) is 0 Å². The van der Waals surface area contributed by atoms with E-state index in [1.807, 2.05) is 0 Å². The Morgan fingerprint density at radius 2 is 1.80 bits per heavy atom. The van der Waals surface area contributed by atoms with Crippen LogP contribution < -0.4 is 0 Å². The predicted molar refractivity (Wildman–Crippen MR) is 82.4 cm³/mol. The van der Waals surface area contributed by atoms with Crippen molar-refractivity contribution < 1.29 is 14.3 Å². The Morgan fingerprint density at radius 1 is 1.20 bits per heavy atom. The largest absolute Gasteiger partial charge is 0.509 e. The normalized spacial score (nSPS) is 15.2. The van der Waals surface area contributed by atoms with Gasteiger partial charge in [-0.2, -0.15) is 0 Å². The van der Waals surface area contributed by atoms with Crippen LogP contribution in [0.5, 0.6) is 0 Å². The molecule has 0 rings (SSSR count). The summed E-state index contributed by atoms with van der Waals surface area (Å²) in [5.41, 5.74) is -0.856. The fourth-order valence-corrected chi connectivity index (χ4v) is 2.19. The van der Waals surface area contributed by atoms with Crippen LogP contribution in [0.15, 0.2) is 0 Å². The molecule has 0 fully saturated rings. The lowest BCUT2D eigenvalue weighted by atomic mass is 9.92. The van der Waals surface area contributed by atoms with Gasteiger partial charge in [0.2, 0.25) is 0 Å². The molecule has 0 aromatic rings. The van der Waals surface area contributed by atoms with Crippen molar-refractivity contribution in [3.63, 3.8) is 0 Å². The highest BCUT2D eigenvalue weighted by molar-refractivity contribution is 5.60. The maximum Gasteiger partial charge on any atom is 0.509 e. The van der Waals surface area contributed by atoms with E-state index in [0.717, 1.165) is 18.8 Å². The van der Waals surface area contributed by atoms with E-state index in [2.05, 4.69) is 31.4 Å². The highest BCUT2D eigenvalue weighted by atomic mass is 16.7. The van der Waals surface area contributed by atoms with Crippen molar-refractivity contribution in [2.75, 3.05) is 7.11 Å². The molecule has 0 spiro atoms. The van der Waals surface area contributed by atoms with Gasteiger partial charge in [0.1, 0.15) is 0 Å². The van der Waals surface area contributed by atoms with E-state index in [4.69, 9.17) is 11.2 Å². The second-order valence-electron chi connectivity index (χ2n) is 6.25. The van der Waals surface area contributed by atoms with Gasteiger partial charge in [0.15, 0.2) is 5.60 Å². The standard InChI is InChI=1S/C17H30O3/c1-7-17(5,20-16(18)19-6)13-9-12-15(4)11-8-10-14(2)3/h1,14-15H,8-13H2,2-6H3. The summed E-state index contributed by atoms with van der Waals surface area (Å²) in [6.45, 7) is 8.54. The van der Waals surface area contributed by atoms with Crippen molar-refractivity contribution in [1.29, 1.82) is 0 Å². The van der Waals surface area contributed by atoms with Gasteiger partial charge in [-0.05, 0) is 31.6 Å². The molecule has 2 atom stereocenters. The minimum atomic E-state index is -0.856. The summed E-state index contributed by atoms with van der Waals surface area (Å²) in [5.74, 6) is 4.02. The molecule has 0 saturated carbocycles. The first kappa shape index (κ1) is 18.8. The number of ether oxygens (including phenoxy) is 2. The lowest BCUT2D eigenvalue weighted by molar-refractivity contribution is 0.00821. The Labute approximate surface area is 124 Å². The summed E-state index contributed by atoms with van der Waals surface area (Å²) < 4.78 is 9.63. The van der Waals surface area contributed by atoms with E-state index in [0.29, 0.717) is 12.3 Å². The minimum absolute atomic E-state index is 0.674. The van der Waals surface area contributed by atoms with Crippen LogP contribution in [0.25, 0.3) is 0 Å². The number of rotatable bonds is 9. The van der Waals surface area contributed by atoms with E-state index in [9.17, 15) is 4.79 Å². The third kappa shape index (κ3) is 8.85. The van der Waals surface area contributed by atoms with Gasteiger partial charge in [-0.1, -0.05) is 52.4 Å². The Balaban J connectivity index is 3.95. The first-order valence-electron chi connectivity index (χ1n) is 7.57. The third-order valence-electron chi connectivity index (χ3n) is 3.61. The smallest absolute Gasteiger partial charge is 0.438 e. The monoisotopic (exact) mass is 282 g/mol. The van der Waals surface area contributed by atoms with Crippen LogP contribution in [0, 0.1) is 24.2 Å². The minimum Gasteiger partial charge on any atom is -0.438 e. The number of methoxy groups -OCH3 is 1. The summed E-state index contributed by atoms with van der Waals surface area (Å²) in [6.07, 6.45) is 11.3. The number of carbonyl (C=O) groups is 1. The molecule has 0 heterocycles. The molecular formula is C17H30O3. The van der Waals surface area contributed by atoms with Crippen molar-refractivity contribution in [3.8, 4) is 12.3 Å². The Kier molecular flexibility index (Phi) is 9.12. The SMILES string of the molecule is C#CC(C)(CCCC(C)CCCC(C)C)OC(=O)OC. The van der Waals surface area contributed by atoms with E-state index >= 15 is 0 Å². The summed E-state index contributed by atoms with van der Waals surface area (Å²) in [7, 11) is 1.29.